The molecule has 0 heterocycles. The summed E-state index contributed by atoms with van der Waals surface area (Å²) in [4.78, 5) is -0.383. The van der Waals surface area contributed by atoms with Gasteiger partial charge in [-0.3, -0.25) is 4.31 Å². The molecule has 0 N–H and O–H groups in total. The molecule has 0 amide bonds. The summed E-state index contributed by atoms with van der Waals surface area (Å²) in [5, 5.41) is 0. The highest BCUT2D eigenvalue weighted by molar-refractivity contribution is 7.92. The minimum absolute atomic E-state index is 0.0108. The number of benzene rings is 3. The molecule has 0 unspecified atom stereocenters. The van der Waals surface area contributed by atoms with Crippen LogP contribution in [0.25, 0.3) is 0 Å². The lowest BCUT2D eigenvalue weighted by atomic mass is 10.2. The van der Waals surface area contributed by atoms with Crippen molar-refractivity contribution in [1.29, 1.82) is 0 Å². The number of aryl methyl sites for hydroxylation is 1. The molecule has 0 saturated carbocycles. The van der Waals surface area contributed by atoms with Crippen LogP contribution in [0, 0.1) is 12.7 Å². The van der Waals surface area contributed by atoms with Crippen LogP contribution in [0.4, 0.5) is 10.1 Å². The number of ether oxygens (including phenoxy) is 2. The van der Waals surface area contributed by atoms with Gasteiger partial charge in [0, 0.05) is 0 Å². The van der Waals surface area contributed by atoms with Crippen LogP contribution in [0.3, 0.4) is 0 Å². The Morgan fingerprint density at radius 2 is 1.52 bits per heavy atom. The predicted octanol–water partition coefficient (Wildman–Crippen LogP) is 4.42. The number of methoxy groups -OCH3 is 1. The third-order valence-electron chi connectivity index (χ3n) is 4.35. The van der Waals surface area contributed by atoms with Gasteiger partial charge in [-0.2, -0.15) is 0 Å². The summed E-state index contributed by atoms with van der Waals surface area (Å²) in [6.07, 6.45) is 0. The monoisotopic (exact) mass is 415 g/mol. The van der Waals surface area contributed by atoms with E-state index in [1.54, 1.807) is 24.3 Å². The number of nitrogens with zero attached hydrogens (tertiary/aromatic N) is 1. The number of hydrogen-bond donors (Lipinski definition) is 0. The minimum atomic E-state index is -4.13. The van der Waals surface area contributed by atoms with Crippen LogP contribution in [-0.2, 0) is 10.0 Å². The van der Waals surface area contributed by atoms with E-state index in [0.29, 0.717) is 17.2 Å². The summed E-state index contributed by atoms with van der Waals surface area (Å²) < 4.78 is 52.6. The third kappa shape index (κ3) is 4.86. The van der Waals surface area contributed by atoms with Crippen molar-refractivity contribution in [2.24, 2.45) is 0 Å². The van der Waals surface area contributed by atoms with Gasteiger partial charge in [-0.15, -0.1) is 0 Å². The number of hydrogen-bond acceptors (Lipinski definition) is 4. The van der Waals surface area contributed by atoms with E-state index in [1.165, 1.54) is 25.3 Å². The van der Waals surface area contributed by atoms with Crippen molar-refractivity contribution in [3.63, 3.8) is 0 Å². The van der Waals surface area contributed by atoms with Crippen molar-refractivity contribution < 1.29 is 22.3 Å². The highest BCUT2D eigenvalue weighted by Gasteiger charge is 2.27. The molecule has 0 bridgehead atoms. The second-order valence-corrected chi connectivity index (χ2v) is 8.20. The fraction of sp³-hybridized carbons (Fsp3) is 0.182. The maximum atomic E-state index is 14.2. The van der Waals surface area contributed by atoms with Gasteiger partial charge in [0.1, 0.15) is 28.8 Å². The Hall–Kier alpha value is -3.06. The minimum Gasteiger partial charge on any atom is -0.497 e. The normalized spacial score (nSPS) is 11.1. The molecule has 3 aromatic rings. The Balaban J connectivity index is 1.88. The zero-order valence-electron chi connectivity index (χ0n) is 16.2. The first-order valence-electron chi connectivity index (χ1n) is 9.02. The third-order valence-corrected chi connectivity index (χ3v) is 6.21. The molecule has 0 saturated heterocycles. The number of sulfonamides is 1. The lowest BCUT2D eigenvalue weighted by molar-refractivity contribution is 0.328. The number of halogens is 1. The van der Waals surface area contributed by atoms with Crippen molar-refractivity contribution in [3.8, 4) is 11.5 Å². The van der Waals surface area contributed by atoms with Gasteiger partial charge in [0.15, 0.2) is 0 Å². The van der Waals surface area contributed by atoms with Crippen LogP contribution in [0.2, 0.25) is 0 Å². The highest BCUT2D eigenvalue weighted by atomic mass is 32.2. The molecule has 7 heteroatoms. The summed E-state index contributed by atoms with van der Waals surface area (Å²) in [6.45, 7) is 2.08. The molecule has 29 heavy (non-hydrogen) atoms. The van der Waals surface area contributed by atoms with Gasteiger partial charge in [-0.25, -0.2) is 12.8 Å². The first kappa shape index (κ1) is 20.7. The van der Waals surface area contributed by atoms with Crippen LogP contribution in [0.5, 0.6) is 11.5 Å². The average Bonchev–Trinajstić information content (AvgIpc) is 2.73. The molecule has 0 atom stereocenters. The van der Waals surface area contributed by atoms with E-state index in [1.807, 2.05) is 31.2 Å². The molecule has 0 fully saturated rings. The summed E-state index contributed by atoms with van der Waals surface area (Å²) in [5.74, 6) is 0.423. The molecule has 0 spiro atoms. The van der Waals surface area contributed by atoms with E-state index in [0.717, 1.165) is 15.9 Å². The average molecular weight is 415 g/mol. The number of anilines is 1. The van der Waals surface area contributed by atoms with Crippen molar-refractivity contribution in [1.82, 2.24) is 0 Å². The van der Waals surface area contributed by atoms with E-state index < -0.39 is 15.8 Å². The summed E-state index contributed by atoms with van der Waals surface area (Å²) in [6, 6.07) is 19.3. The van der Waals surface area contributed by atoms with Gasteiger partial charge in [0.25, 0.3) is 10.0 Å². The van der Waals surface area contributed by atoms with Crippen LogP contribution >= 0.6 is 0 Å². The fourth-order valence-corrected chi connectivity index (χ4v) is 4.31. The topological polar surface area (TPSA) is 55.8 Å². The van der Waals surface area contributed by atoms with Crippen molar-refractivity contribution >= 4 is 15.7 Å². The zero-order valence-corrected chi connectivity index (χ0v) is 17.0. The smallest absolute Gasteiger partial charge is 0.267 e. The first-order chi connectivity index (χ1) is 13.9. The second-order valence-electron chi connectivity index (χ2n) is 6.37. The predicted molar refractivity (Wildman–Crippen MR) is 111 cm³/mol. The second kappa shape index (κ2) is 8.96. The Labute approximate surface area is 170 Å². The highest BCUT2D eigenvalue weighted by Crippen LogP contribution is 2.27. The van der Waals surface area contributed by atoms with Crippen LogP contribution in [0.1, 0.15) is 5.56 Å². The molecule has 0 aliphatic heterocycles. The summed E-state index contributed by atoms with van der Waals surface area (Å²) in [7, 11) is -2.60. The summed E-state index contributed by atoms with van der Waals surface area (Å²) >= 11 is 0. The largest absolute Gasteiger partial charge is 0.497 e. The SMILES string of the molecule is COc1ccc(N(CCOc2ccc(C)cc2)S(=O)(=O)c2ccccc2F)cc1. The number of rotatable bonds is 8. The van der Waals surface area contributed by atoms with Crippen LogP contribution in [0.15, 0.2) is 77.7 Å². The Morgan fingerprint density at radius 3 is 2.14 bits per heavy atom. The van der Waals surface area contributed by atoms with Crippen molar-refractivity contribution in [2.45, 2.75) is 11.8 Å². The van der Waals surface area contributed by atoms with Gasteiger partial charge in [-0.05, 0) is 55.5 Å². The first-order valence-corrected chi connectivity index (χ1v) is 10.5. The molecular formula is C22H22FNO4S. The molecule has 152 valence electrons. The van der Waals surface area contributed by atoms with Gasteiger partial charge in [-0.1, -0.05) is 29.8 Å². The molecule has 5 nitrogen and oxygen atoms in total. The Kier molecular flexibility index (Phi) is 6.39. The molecule has 0 aliphatic rings. The van der Waals surface area contributed by atoms with E-state index in [9.17, 15) is 12.8 Å². The standard InChI is InChI=1S/C22H22FNO4S/c1-17-7-11-20(12-8-17)28-16-15-24(18-9-13-19(27-2)14-10-18)29(25,26)22-6-4-3-5-21(22)23/h3-14H,15-16H2,1-2H3. The lowest BCUT2D eigenvalue weighted by Gasteiger charge is -2.25. The van der Waals surface area contributed by atoms with Gasteiger partial charge < -0.3 is 9.47 Å². The Morgan fingerprint density at radius 1 is 0.897 bits per heavy atom. The Bertz CT molecular complexity index is 1050. The molecular weight excluding hydrogens is 393 g/mol. The molecule has 3 rings (SSSR count). The lowest BCUT2D eigenvalue weighted by Crippen LogP contribution is -2.35. The zero-order chi connectivity index (χ0) is 20.9. The van der Waals surface area contributed by atoms with Crippen molar-refractivity contribution in [2.75, 3.05) is 24.6 Å². The van der Waals surface area contributed by atoms with Gasteiger partial charge >= 0.3 is 0 Å². The van der Waals surface area contributed by atoms with Gasteiger partial charge in [0.2, 0.25) is 0 Å². The van der Waals surface area contributed by atoms with E-state index >= 15 is 0 Å². The van der Waals surface area contributed by atoms with Gasteiger partial charge in [0.05, 0.1) is 19.3 Å². The molecule has 3 aromatic carbocycles. The quantitative estimate of drug-likeness (QED) is 0.547. The molecule has 0 aliphatic carbocycles. The molecule has 0 radical (unpaired) electrons. The van der Waals surface area contributed by atoms with Crippen LogP contribution in [-0.4, -0.2) is 28.7 Å². The fourth-order valence-electron chi connectivity index (χ4n) is 2.79. The summed E-state index contributed by atoms with van der Waals surface area (Å²) in [5.41, 5.74) is 1.49. The molecule has 0 aromatic heterocycles. The maximum Gasteiger partial charge on any atom is 0.267 e. The van der Waals surface area contributed by atoms with Crippen molar-refractivity contribution in [3.05, 3.63) is 84.2 Å². The maximum absolute atomic E-state index is 14.2. The van der Waals surface area contributed by atoms with E-state index in [4.69, 9.17) is 9.47 Å². The van der Waals surface area contributed by atoms with Crippen LogP contribution < -0.4 is 13.8 Å². The van der Waals surface area contributed by atoms with E-state index in [2.05, 4.69) is 0 Å². The van der Waals surface area contributed by atoms with E-state index in [-0.39, 0.29) is 18.0 Å².